The van der Waals surface area contributed by atoms with Gasteiger partial charge in [0.05, 0.1) is 18.0 Å². The molecule has 0 saturated heterocycles. The predicted octanol–water partition coefficient (Wildman–Crippen LogP) is 3.31. The van der Waals surface area contributed by atoms with Crippen molar-refractivity contribution in [3.05, 3.63) is 40.1 Å². The lowest BCUT2D eigenvalue weighted by atomic mass is 10.2. The van der Waals surface area contributed by atoms with Gasteiger partial charge < -0.3 is 10.1 Å². The Morgan fingerprint density at radius 2 is 2.16 bits per heavy atom. The normalized spacial score (nSPS) is 10.7. The van der Waals surface area contributed by atoms with E-state index in [1.165, 1.54) is 5.56 Å². The molecule has 19 heavy (non-hydrogen) atoms. The average molecular weight is 324 g/mol. The van der Waals surface area contributed by atoms with Crippen molar-refractivity contribution < 1.29 is 4.74 Å². The Morgan fingerprint density at radius 3 is 2.89 bits per heavy atom. The molecule has 0 saturated carbocycles. The van der Waals surface area contributed by atoms with Gasteiger partial charge in [-0.05, 0) is 31.5 Å². The number of hydrogen-bond donors (Lipinski definition) is 1. The van der Waals surface area contributed by atoms with Crippen molar-refractivity contribution in [3.8, 4) is 5.69 Å². The molecule has 5 heteroatoms. The van der Waals surface area contributed by atoms with E-state index in [1.54, 1.807) is 7.11 Å². The summed E-state index contributed by atoms with van der Waals surface area (Å²) in [5, 5.41) is 3.29. The number of nitrogens with one attached hydrogen (secondary N) is 1. The fourth-order valence-corrected chi connectivity index (χ4v) is 2.26. The van der Waals surface area contributed by atoms with Crippen LogP contribution in [0.5, 0.6) is 0 Å². The minimum Gasteiger partial charge on any atom is -0.383 e. The molecule has 2 aromatic rings. The van der Waals surface area contributed by atoms with E-state index in [4.69, 9.17) is 4.74 Å². The Bertz CT molecular complexity index is 566. The van der Waals surface area contributed by atoms with Crippen molar-refractivity contribution in [2.24, 2.45) is 0 Å². The summed E-state index contributed by atoms with van der Waals surface area (Å²) in [7, 11) is 1.69. The Balaban J connectivity index is 2.35. The zero-order chi connectivity index (χ0) is 13.8. The molecule has 4 nitrogen and oxygen atoms in total. The molecule has 1 aromatic heterocycles. The third-order valence-corrected chi connectivity index (χ3v) is 3.34. The van der Waals surface area contributed by atoms with Gasteiger partial charge in [-0.1, -0.05) is 22.0 Å². The maximum absolute atomic E-state index is 5.05. The SMILES string of the molecule is COCCNc1nc(C)cn1-c1cc(Br)ccc1C. The average Bonchev–Trinajstić information content (AvgIpc) is 2.74. The molecule has 0 aliphatic carbocycles. The van der Waals surface area contributed by atoms with Gasteiger partial charge in [0.1, 0.15) is 0 Å². The Labute approximate surface area is 121 Å². The van der Waals surface area contributed by atoms with Gasteiger partial charge in [-0.25, -0.2) is 4.98 Å². The number of nitrogens with zero attached hydrogens (tertiary/aromatic N) is 2. The molecule has 1 aromatic carbocycles. The minimum atomic E-state index is 0.656. The number of hydrogen-bond acceptors (Lipinski definition) is 3. The van der Waals surface area contributed by atoms with Gasteiger partial charge in [0.2, 0.25) is 5.95 Å². The van der Waals surface area contributed by atoms with Gasteiger partial charge in [-0.3, -0.25) is 4.57 Å². The number of benzene rings is 1. The summed E-state index contributed by atoms with van der Waals surface area (Å²) in [6, 6.07) is 6.23. The van der Waals surface area contributed by atoms with Crippen LogP contribution in [0.25, 0.3) is 5.69 Å². The number of ether oxygens (including phenoxy) is 1. The van der Waals surface area contributed by atoms with Crippen LogP contribution in [0, 0.1) is 13.8 Å². The van der Waals surface area contributed by atoms with Crippen LogP contribution in [0.4, 0.5) is 5.95 Å². The molecular formula is C14H18BrN3O. The highest BCUT2D eigenvalue weighted by Gasteiger charge is 2.09. The van der Waals surface area contributed by atoms with Crippen LogP contribution in [0.2, 0.25) is 0 Å². The zero-order valence-corrected chi connectivity index (χ0v) is 13.0. The van der Waals surface area contributed by atoms with Gasteiger partial charge in [0.25, 0.3) is 0 Å². The molecule has 102 valence electrons. The molecule has 0 aliphatic rings. The molecule has 0 amide bonds. The largest absolute Gasteiger partial charge is 0.383 e. The van der Waals surface area contributed by atoms with Crippen LogP contribution in [0.3, 0.4) is 0 Å². The van der Waals surface area contributed by atoms with E-state index in [0.717, 1.165) is 28.3 Å². The monoisotopic (exact) mass is 323 g/mol. The molecule has 0 aliphatic heterocycles. The summed E-state index contributed by atoms with van der Waals surface area (Å²) in [6.07, 6.45) is 2.03. The lowest BCUT2D eigenvalue weighted by molar-refractivity contribution is 0.210. The van der Waals surface area contributed by atoms with Crippen LogP contribution in [-0.4, -0.2) is 29.8 Å². The number of halogens is 1. The smallest absolute Gasteiger partial charge is 0.207 e. The number of imidazole rings is 1. The molecule has 2 rings (SSSR count). The Hall–Kier alpha value is -1.33. The molecule has 0 atom stereocenters. The molecule has 0 bridgehead atoms. The van der Waals surface area contributed by atoms with E-state index in [0.29, 0.717) is 6.61 Å². The van der Waals surface area contributed by atoms with Crippen LogP contribution in [0.15, 0.2) is 28.9 Å². The zero-order valence-electron chi connectivity index (χ0n) is 11.4. The van der Waals surface area contributed by atoms with Gasteiger partial charge in [0, 0.05) is 24.3 Å². The molecule has 0 fully saturated rings. The van der Waals surface area contributed by atoms with E-state index < -0.39 is 0 Å². The maximum atomic E-state index is 5.05. The molecule has 0 spiro atoms. The topological polar surface area (TPSA) is 39.1 Å². The van der Waals surface area contributed by atoms with Crippen molar-refractivity contribution >= 4 is 21.9 Å². The fraction of sp³-hybridized carbons (Fsp3) is 0.357. The standard InChI is InChI=1S/C14H18BrN3O/c1-10-4-5-12(15)8-13(10)18-9-11(2)17-14(18)16-6-7-19-3/h4-5,8-9H,6-7H2,1-3H3,(H,16,17). The number of aryl methyl sites for hydroxylation is 2. The maximum Gasteiger partial charge on any atom is 0.207 e. The van der Waals surface area contributed by atoms with Crippen molar-refractivity contribution in [3.63, 3.8) is 0 Å². The quantitative estimate of drug-likeness (QED) is 0.858. The van der Waals surface area contributed by atoms with E-state index in [9.17, 15) is 0 Å². The van der Waals surface area contributed by atoms with Crippen LogP contribution >= 0.6 is 15.9 Å². The van der Waals surface area contributed by atoms with Crippen LogP contribution < -0.4 is 5.32 Å². The van der Waals surface area contributed by atoms with Crippen molar-refractivity contribution in [2.75, 3.05) is 25.6 Å². The second kappa shape index (κ2) is 6.21. The lowest BCUT2D eigenvalue weighted by Gasteiger charge is -2.12. The summed E-state index contributed by atoms with van der Waals surface area (Å²) in [5.74, 6) is 0.843. The molecular weight excluding hydrogens is 306 g/mol. The number of aromatic nitrogens is 2. The first-order valence-electron chi connectivity index (χ1n) is 6.17. The highest BCUT2D eigenvalue weighted by molar-refractivity contribution is 9.10. The summed E-state index contributed by atoms with van der Waals surface area (Å²) < 4.78 is 8.18. The van der Waals surface area contributed by atoms with Gasteiger partial charge in [-0.2, -0.15) is 0 Å². The van der Waals surface area contributed by atoms with E-state index >= 15 is 0 Å². The Morgan fingerprint density at radius 1 is 1.37 bits per heavy atom. The highest BCUT2D eigenvalue weighted by atomic mass is 79.9. The van der Waals surface area contributed by atoms with E-state index in [2.05, 4.69) is 49.9 Å². The number of rotatable bonds is 5. The predicted molar refractivity (Wildman–Crippen MR) is 81.1 cm³/mol. The first kappa shape index (κ1) is 14.1. The van der Waals surface area contributed by atoms with Gasteiger partial charge >= 0.3 is 0 Å². The van der Waals surface area contributed by atoms with Gasteiger partial charge in [0.15, 0.2) is 0 Å². The molecule has 1 heterocycles. The summed E-state index contributed by atoms with van der Waals surface area (Å²) in [5.41, 5.74) is 3.31. The van der Waals surface area contributed by atoms with Crippen LogP contribution in [0.1, 0.15) is 11.3 Å². The first-order valence-corrected chi connectivity index (χ1v) is 6.96. The highest BCUT2D eigenvalue weighted by Crippen LogP contribution is 2.23. The molecule has 0 unspecified atom stereocenters. The van der Waals surface area contributed by atoms with Crippen molar-refractivity contribution in [1.29, 1.82) is 0 Å². The fourth-order valence-electron chi connectivity index (χ4n) is 1.91. The molecule has 1 N–H and O–H groups in total. The van der Waals surface area contributed by atoms with E-state index in [-0.39, 0.29) is 0 Å². The number of anilines is 1. The third-order valence-electron chi connectivity index (χ3n) is 2.85. The Kier molecular flexibility index (Phi) is 4.61. The summed E-state index contributed by atoms with van der Waals surface area (Å²) in [4.78, 5) is 4.51. The lowest BCUT2D eigenvalue weighted by Crippen LogP contribution is -2.12. The second-order valence-corrected chi connectivity index (χ2v) is 5.34. The number of methoxy groups -OCH3 is 1. The third kappa shape index (κ3) is 3.36. The van der Waals surface area contributed by atoms with Crippen molar-refractivity contribution in [2.45, 2.75) is 13.8 Å². The van der Waals surface area contributed by atoms with Gasteiger partial charge in [-0.15, -0.1) is 0 Å². The summed E-state index contributed by atoms with van der Waals surface area (Å²) >= 11 is 3.51. The second-order valence-electron chi connectivity index (χ2n) is 4.43. The van der Waals surface area contributed by atoms with Crippen LogP contribution in [-0.2, 0) is 4.74 Å². The summed E-state index contributed by atoms with van der Waals surface area (Å²) in [6.45, 7) is 5.48. The molecule has 0 radical (unpaired) electrons. The minimum absolute atomic E-state index is 0.656. The van der Waals surface area contributed by atoms with E-state index in [1.807, 2.05) is 19.2 Å². The first-order chi connectivity index (χ1) is 9.11. The van der Waals surface area contributed by atoms with Crippen molar-refractivity contribution in [1.82, 2.24) is 9.55 Å².